The molecule has 0 bridgehead atoms. The summed E-state index contributed by atoms with van der Waals surface area (Å²) in [5, 5.41) is 2.95. The molecule has 0 atom stereocenters. The topological polar surface area (TPSA) is 29.1 Å². The molecule has 0 spiro atoms. The van der Waals surface area contributed by atoms with E-state index in [2.05, 4.69) is 30.4 Å². The zero-order chi connectivity index (χ0) is 15.1. The lowest BCUT2D eigenvalue weighted by Crippen LogP contribution is -2.23. The van der Waals surface area contributed by atoms with Crippen molar-refractivity contribution in [3.8, 4) is 0 Å². The molecule has 110 valence electrons. The highest BCUT2D eigenvalue weighted by atomic mass is 35.5. The van der Waals surface area contributed by atoms with E-state index in [4.69, 9.17) is 11.6 Å². The van der Waals surface area contributed by atoms with Crippen molar-refractivity contribution in [1.29, 1.82) is 0 Å². The minimum Gasteiger partial charge on any atom is -0.352 e. The average molecular weight is 302 g/mol. The third kappa shape index (κ3) is 5.24. The molecular weight excluding hydrogens is 282 g/mol. The van der Waals surface area contributed by atoms with Crippen molar-refractivity contribution in [1.82, 2.24) is 5.32 Å². The first-order valence-corrected chi connectivity index (χ1v) is 7.67. The van der Waals surface area contributed by atoms with Crippen LogP contribution in [0.15, 0.2) is 48.5 Å². The summed E-state index contributed by atoms with van der Waals surface area (Å²) in [5.41, 5.74) is 4.58. The molecule has 2 aromatic rings. The zero-order valence-corrected chi connectivity index (χ0v) is 13.0. The van der Waals surface area contributed by atoms with Crippen molar-refractivity contribution in [3.63, 3.8) is 0 Å². The molecule has 0 saturated heterocycles. The van der Waals surface area contributed by atoms with Gasteiger partial charge in [-0.3, -0.25) is 4.79 Å². The Labute approximate surface area is 131 Å². The molecule has 0 aromatic heterocycles. The molecule has 3 heteroatoms. The summed E-state index contributed by atoms with van der Waals surface area (Å²) >= 11 is 5.80. The summed E-state index contributed by atoms with van der Waals surface area (Å²) in [6.45, 7) is 2.62. The van der Waals surface area contributed by atoms with E-state index in [9.17, 15) is 4.79 Å². The summed E-state index contributed by atoms with van der Waals surface area (Å²) in [4.78, 5) is 11.9. The van der Waals surface area contributed by atoms with E-state index in [0.717, 1.165) is 17.5 Å². The van der Waals surface area contributed by atoms with Crippen LogP contribution in [0.4, 0.5) is 0 Å². The predicted molar refractivity (Wildman–Crippen MR) is 87.3 cm³/mol. The van der Waals surface area contributed by atoms with Crippen molar-refractivity contribution >= 4 is 17.5 Å². The van der Waals surface area contributed by atoms with Crippen LogP contribution in [0.1, 0.15) is 28.7 Å². The molecule has 0 radical (unpaired) electrons. The van der Waals surface area contributed by atoms with E-state index in [1.54, 1.807) is 0 Å². The minimum absolute atomic E-state index is 0.0767. The second-order valence-electron chi connectivity index (χ2n) is 5.22. The van der Waals surface area contributed by atoms with Gasteiger partial charge in [0.25, 0.3) is 0 Å². The highest BCUT2D eigenvalue weighted by Gasteiger charge is 2.03. The number of halogens is 1. The maximum Gasteiger partial charge on any atom is 0.220 e. The van der Waals surface area contributed by atoms with Gasteiger partial charge in [-0.05, 0) is 30.0 Å². The molecule has 0 saturated carbocycles. The monoisotopic (exact) mass is 301 g/mol. The van der Waals surface area contributed by atoms with E-state index in [1.165, 1.54) is 11.1 Å². The van der Waals surface area contributed by atoms with Gasteiger partial charge in [-0.25, -0.2) is 0 Å². The summed E-state index contributed by atoms with van der Waals surface area (Å²) < 4.78 is 0. The van der Waals surface area contributed by atoms with Crippen LogP contribution in [0, 0.1) is 6.92 Å². The molecule has 2 aromatic carbocycles. The number of rotatable bonds is 6. The summed E-state index contributed by atoms with van der Waals surface area (Å²) in [5.74, 6) is 0.572. The molecule has 21 heavy (non-hydrogen) atoms. The Bertz CT molecular complexity index is 610. The van der Waals surface area contributed by atoms with Gasteiger partial charge in [0.05, 0.1) is 0 Å². The van der Waals surface area contributed by atoms with Crippen molar-refractivity contribution in [3.05, 3.63) is 70.8 Å². The second kappa shape index (κ2) is 7.84. The van der Waals surface area contributed by atoms with Crippen LogP contribution in [0.2, 0.25) is 0 Å². The number of hydrogen-bond acceptors (Lipinski definition) is 1. The molecule has 2 nitrogen and oxygen atoms in total. The fourth-order valence-electron chi connectivity index (χ4n) is 2.24. The lowest BCUT2D eigenvalue weighted by molar-refractivity contribution is -0.121. The third-order valence-corrected chi connectivity index (χ3v) is 3.67. The fraction of sp³-hybridized carbons (Fsp3) is 0.278. The fourth-order valence-corrected chi connectivity index (χ4v) is 2.40. The molecule has 0 aliphatic rings. The Kier molecular flexibility index (Phi) is 5.82. The van der Waals surface area contributed by atoms with Gasteiger partial charge in [0.1, 0.15) is 0 Å². The first-order valence-electron chi connectivity index (χ1n) is 7.13. The number of carbonyl (C=O) groups excluding carboxylic acids is 1. The van der Waals surface area contributed by atoms with Gasteiger partial charge in [-0.2, -0.15) is 0 Å². The van der Waals surface area contributed by atoms with Gasteiger partial charge in [-0.1, -0.05) is 54.1 Å². The average Bonchev–Trinajstić information content (AvgIpc) is 2.51. The Hall–Kier alpha value is -1.80. The van der Waals surface area contributed by atoms with Gasteiger partial charge in [0.15, 0.2) is 0 Å². The maximum absolute atomic E-state index is 11.9. The Morgan fingerprint density at radius 2 is 1.76 bits per heavy atom. The van der Waals surface area contributed by atoms with E-state index >= 15 is 0 Å². The lowest BCUT2D eigenvalue weighted by Gasteiger charge is -2.07. The first-order chi connectivity index (χ1) is 10.2. The van der Waals surface area contributed by atoms with Crippen LogP contribution >= 0.6 is 11.6 Å². The van der Waals surface area contributed by atoms with Crippen LogP contribution in [-0.2, 0) is 23.6 Å². The van der Waals surface area contributed by atoms with Gasteiger partial charge in [0, 0.05) is 18.8 Å². The van der Waals surface area contributed by atoms with Crippen LogP contribution in [-0.4, -0.2) is 5.91 Å². The first kappa shape index (κ1) is 15.6. The molecule has 0 aliphatic heterocycles. The molecular formula is C18H20ClNO. The van der Waals surface area contributed by atoms with Crippen LogP contribution in [0.5, 0.6) is 0 Å². The van der Waals surface area contributed by atoms with E-state index in [0.29, 0.717) is 18.8 Å². The van der Waals surface area contributed by atoms with Crippen molar-refractivity contribution in [2.45, 2.75) is 32.2 Å². The number of carbonyl (C=O) groups is 1. The molecule has 1 amide bonds. The summed E-state index contributed by atoms with van der Waals surface area (Å²) in [6, 6.07) is 16.2. The molecule has 0 heterocycles. The largest absolute Gasteiger partial charge is 0.352 e. The highest BCUT2D eigenvalue weighted by Crippen LogP contribution is 2.09. The summed E-state index contributed by atoms with van der Waals surface area (Å²) in [7, 11) is 0. The minimum atomic E-state index is 0.0767. The lowest BCUT2D eigenvalue weighted by atomic mass is 10.1. The van der Waals surface area contributed by atoms with Gasteiger partial charge in [0.2, 0.25) is 5.91 Å². The molecule has 0 aliphatic carbocycles. The number of alkyl halides is 1. The van der Waals surface area contributed by atoms with E-state index in [-0.39, 0.29) is 5.91 Å². The number of hydrogen-bond donors (Lipinski definition) is 1. The van der Waals surface area contributed by atoms with Gasteiger partial charge < -0.3 is 5.32 Å². The van der Waals surface area contributed by atoms with Crippen molar-refractivity contribution < 1.29 is 4.79 Å². The molecule has 0 fully saturated rings. The van der Waals surface area contributed by atoms with Crippen LogP contribution in [0.3, 0.4) is 0 Å². The zero-order valence-electron chi connectivity index (χ0n) is 12.2. The normalized spacial score (nSPS) is 10.4. The van der Waals surface area contributed by atoms with Crippen molar-refractivity contribution in [2.24, 2.45) is 0 Å². The third-order valence-electron chi connectivity index (χ3n) is 3.36. The highest BCUT2D eigenvalue weighted by molar-refractivity contribution is 6.17. The van der Waals surface area contributed by atoms with Gasteiger partial charge >= 0.3 is 0 Å². The van der Waals surface area contributed by atoms with E-state index < -0.39 is 0 Å². The van der Waals surface area contributed by atoms with Crippen LogP contribution < -0.4 is 5.32 Å². The van der Waals surface area contributed by atoms with E-state index in [1.807, 2.05) is 30.3 Å². The quantitative estimate of drug-likeness (QED) is 0.803. The summed E-state index contributed by atoms with van der Waals surface area (Å²) in [6.07, 6.45) is 1.29. The van der Waals surface area contributed by atoms with Gasteiger partial charge in [-0.15, -0.1) is 11.6 Å². The Morgan fingerprint density at radius 3 is 2.52 bits per heavy atom. The number of nitrogens with one attached hydrogen (secondary N) is 1. The smallest absolute Gasteiger partial charge is 0.220 e. The predicted octanol–water partition coefficient (Wildman–Crippen LogP) is 3.98. The second-order valence-corrected chi connectivity index (χ2v) is 5.49. The number of aryl methyl sites for hydroxylation is 2. The number of benzene rings is 2. The SMILES string of the molecule is Cc1cccc(CCC(=O)NCc2cccc(CCl)c2)c1. The molecule has 0 unspecified atom stereocenters. The van der Waals surface area contributed by atoms with Crippen molar-refractivity contribution in [2.75, 3.05) is 0 Å². The standard InChI is InChI=1S/C18H20ClNO/c1-14-4-2-5-15(10-14)8-9-18(21)20-13-17-7-3-6-16(11-17)12-19/h2-7,10-11H,8-9,12-13H2,1H3,(H,20,21). The van der Waals surface area contributed by atoms with Crippen LogP contribution in [0.25, 0.3) is 0 Å². The maximum atomic E-state index is 11.9. The Balaban J connectivity index is 1.79. The molecule has 2 rings (SSSR count). The molecule has 1 N–H and O–H groups in total. The Morgan fingerprint density at radius 1 is 1.05 bits per heavy atom. The number of amides is 1.